The Morgan fingerprint density at radius 3 is 2.72 bits per heavy atom. The molecular weight excluding hydrogens is 234 g/mol. The highest BCUT2D eigenvalue weighted by Crippen LogP contribution is 2.41. The molecule has 0 aromatic carbocycles. The quantitative estimate of drug-likeness (QED) is 0.812. The second-order valence-electron chi connectivity index (χ2n) is 6.25. The van der Waals surface area contributed by atoms with Crippen molar-refractivity contribution in [1.82, 2.24) is 4.90 Å². The Morgan fingerprint density at radius 2 is 2.17 bits per heavy atom. The number of rotatable bonds is 2. The normalized spacial score (nSPS) is 26.2. The molecule has 18 heavy (non-hydrogen) atoms. The molecule has 0 radical (unpaired) electrons. The summed E-state index contributed by atoms with van der Waals surface area (Å²) in [6, 6.07) is 0. The average molecular weight is 257 g/mol. The third-order valence-electron chi connectivity index (χ3n) is 3.65. The highest BCUT2D eigenvalue weighted by Gasteiger charge is 2.54. The molecule has 0 saturated carbocycles. The summed E-state index contributed by atoms with van der Waals surface area (Å²) in [4.78, 5) is 13.5. The number of nitrogens with zero attached hydrogens (tertiary/aromatic N) is 1. The Morgan fingerprint density at radius 1 is 1.50 bits per heavy atom. The van der Waals surface area contributed by atoms with Crippen LogP contribution in [-0.4, -0.2) is 53.6 Å². The van der Waals surface area contributed by atoms with E-state index in [-0.39, 0.29) is 18.3 Å². The van der Waals surface area contributed by atoms with Crippen molar-refractivity contribution in [1.29, 1.82) is 0 Å². The molecule has 1 spiro atoms. The lowest BCUT2D eigenvalue weighted by Crippen LogP contribution is -2.66. The minimum Gasteiger partial charge on any atom is -0.444 e. The molecule has 5 heteroatoms. The zero-order chi connectivity index (χ0) is 13.4. The van der Waals surface area contributed by atoms with Gasteiger partial charge in [0.05, 0.1) is 13.1 Å². The smallest absolute Gasteiger partial charge is 0.410 e. The fraction of sp³-hybridized carbons (Fsp3) is 0.923. The van der Waals surface area contributed by atoms with E-state index < -0.39 is 5.60 Å². The van der Waals surface area contributed by atoms with Gasteiger partial charge in [-0.05, 0) is 39.5 Å². The summed E-state index contributed by atoms with van der Waals surface area (Å²) in [5, 5.41) is 9.05. The standard InChI is InChI=1S/C13H23NO4/c1-12(2,3)18-11(16)14-8-13(9-14)10(4-6-15)5-7-17-13/h10,15H,4-9H2,1-3H3. The third-order valence-corrected chi connectivity index (χ3v) is 3.65. The van der Waals surface area contributed by atoms with E-state index in [0.29, 0.717) is 19.0 Å². The Balaban J connectivity index is 1.87. The van der Waals surface area contributed by atoms with Crippen molar-refractivity contribution in [2.24, 2.45) is 5.92 Å². The second kappa shape index (κ2) is 4.70. The number of likely N-dealkylation sites (tertiary alicyclic amines) is 1. The maximum atomic E-state index is 11.8. The summed E-state index contributed by atoms with van der Waals surface area (Å²) in [6.07, 6.45) is 1.46. The van der Waals surface area contributed by atoms with Gasteiger partial charge < -0.3 is 19.5 Å². The van der Waals surface area contributed by atoms with Crippen LogP contribution in [0.25, 0.3) is 0 Å². The maximum Gasteiger partial charge on any atom is 0.410 e. The summed E-state index contributed by atoms with van der Waals surface area (Å²) < 4.78 is 11.1. The molecule has 1 N–H and O–H groups in total. The molecule has 2 saturated heterocycles. The molecule has 2 rings (SSSR count). The molecule has 1 amide bonds. The number of carbonyl (C=O) groups excluding carboxylic acids is 1. The van der Waals surface area contributed by atoms with Crippen molar-refractivity contribution in [2.45, 2.75) is 44.8 Å². The number of amides is 1. The minimum atomic E-state index is -0.457. The summed E-state index contributed by atoms with van der Waals surface area (Å²) in [6.45, 7) is 7.68. The predicted molar refractivity (Wildman–Crippen MR) is 66.3 cm³/mol. The van der Waals surface area contributed by atoms with E-state index in [9.17, 15) is 4.79 Å². The van der Waals surface area contributed by atoms with E-state index in [2.05, 4.69) is 0 Å². The van der Waals surface area contributed by atoms with E-state index in [1.807, 2.05) is 20.8 Å². The van der Waals surface area contributed by atoms with Crippen LogP contribution >= 0.6 is 0 Å². The van der Waals surface area contributed by atoms with Crippen LogP contribution in [0, 0.1) is 5.92 Å². The number of carbonyl (C=O) groups is 1. The lowest BCUT2D eigenvalue weighted by Gasteiger charge is -2.49. The van der Waals surface area contributed by atoms with Crippen LogP contribution in [-0.2, 0) is 9.47 Å². The first-order valence-electron chi connectivity index (χ1n) is 6.59. The number of hydrogen-bond donors (Lipinski definition) is 1. The van der Waals surface area contributed by atoms with Gasteiger partial charge in [0.25, 0.3) is 0 Å². The van der Waals surface area contributed by atoms with Crippen LogP contribution in [0.4, 0.5) is 4.79 Å². The molecule has 0 aromatic rings. The molecule has 0 aliphatic carbocycles. The number of ether oxygens (including phenoxy) is 2. The zero-order valence-corrected chi connectivity index (χ0v) is 11.4. The molecule has 2 aliphatic rings. The molecule has 2 aliphatic heterocycles. The van der Waals surface area contributed by atoms with E-state index in [4.69, 9.17) is 14.6 Å². The van der Waals surface area contributed by atoms with Gasteiger partial charge in [-0.15, -0.1) is 0 Å². The largest absolute Gasteiger partial charge is 0.444 e. The van der Waals surface area contributed by atoms with Crippen LogP contribution in [0.1, 0.15) is 33.6 Å². The second-order valence-corrected chi connectivity index (χ2v) is 6.25. The van der Waals surface area contributed by atoms with Gasteiger partial charge in [0.15, 0.2) is 0 Å². The van der Waals surface area contributed by atoms with Gasteiger partial charge in [-0.1, -0.05) is 0 Å². The van der Waals surface area contributed by atoms with Gasteiger partial charge in [-0.25, -0.2) is 4.79 Å². The van der Waals surface area contributed by atoms with Crippen molar-refractivity contribution in [3.63, 3.8) is 0 Å². The molecule has 104 valence electrons. The molecular formula is C13H23NO4. The van der Waals surface area contributed by atoms with Crippen molar-refractivity contribution in [2.75, 3.05) is 26.3 Å². The zero-order valence-electron chi connectivity index (χ0n) is 11.4. The molecule has 0 bridgehead atoms. The molecule has 2 fully saturated rings. The summed E-state index contributed by atoms with van der Waals surface area (Å²) in [7, 11) is 0. The Labute approximate surface area is 108 Å². The monoisotopic (exact) mass is 257 g/mol. The van der Waals surface area contributed by atoms with Crippen LogP contribution < -0.4 is 0 Å². The Bertz CT molecular complexity index is 317. The number of aliphatic hydroxyl groups is 1. The lowest BCUT2D eigenvalue weighted by molar-refractivity contribution is -0.131. The lowest BCUT2D eigenvalue weighted by atomic mass is 9.79. The van der Waals surface area contributed by atoms with Gasteiger partial charge in [-0.3, -0.25) is 0 Å². The first-order chi connectivity index (χ1) is 8.36. The van der Waals surface area contributed by atoms with Crippen molar-refractivity contribution < 1.29 is 19.4 Å². The van der Waals surface area contributed by atoms with Crippen molar-refractivity contribution in [3.05, 3.63) is 0 Å². The van der Waals surface area contributed by atoms with Crippen molar-refractivity contribution >= 4 is 6.09 Å². The van der Waals surface area contributed by atoms with Crippen molar-refractivity contribution in [3.8, 4) is 0 Å². The fourth-order valence-corrected chi connectivity index (χ4v) is 2.75. The van der Waals surface area contributed by atoms with Gasteiger partial charge in [-0.2, -0.15) is 0 Å². The first-order valence-corrected chi connectivity index (χ1v) is 6.59. The molecule has 0 aromatic heterocycles. The van der Waals surface area contributed by atoms with Gasteiger partial charge in [0.2, 0.25) is 0 Å². The average Bonchev–Trinajstić information content (AvgIpc) is 2.56. The third kappa shape index (κ3) is 2.62. The predicted octanol–water partition coefficient (Wildman–Crippen LogP) is 1.39. The van der Waals surface area contributed by atoms with Crippen LogP contribution in [0.2, 0.25) is 0 Å². The van der Waals surface area contributed by atoms with E-state index in [0.717, 1.165) is 19.4 Å². The van der Waals surface area contributed by atoms with E-state index in [1.54, 1.807) is 4.90 Å². The minimum absolute atomic E-state index is 0.183. The van der Waals surface area contributed by atoms with E-state index in [1.165, 1.54) is 0 Å². The van der Waals surface area contributed by atoms with Crippen LogP contribution in [0.15, 0.2) is 0 Å². The Hall–Kier alpha value is -0.810. The summed E-state index contributed by atoms with van der Waals surface area (Å²) in [5.74, 6) is 0.362. The highest BCUT2D eigenvalue weighted by molar-refractivity contribution is 5.69. The molecule has 5 nitrogen and oxygen atoms in total. The molecule has 2 heterocycles. The Kier molecular flexibility index (Phi) is 3.56. The SMILES string of the molecule is CC(C)(C)OC(=O)N1CC2(C1)OCCC2CCO. The van der Waals surface area contributed by atoms with Gasteiger partial charge in [0.1, 0.15) is 11.2 Å². The van der Waals surface area contributed by atoms with Gasteiger partial charge in [0, 0.05) is 13.2 Å². The van der Waals surface area contributed by atoms with Gasteiger partial charge >= 0.3 is 6.09 Å². The summed E-state index contributed by atoms with van der Waals surface area (Å²) in [5.41, 5.74) is -0.680. The maximum absolute atomic E-state index is 11.8. The first kappa shape index (κ1) is 13.6. The van der Waals surface area contributed by atoms with Crippen LogP contribution in [0.3, 0.4) is 0 Å². The number of hydrogen-bond acceptors (Lipinski definition) is 4. The molecule has 1 atom stereocenters. The van der Waals surface area contributed by atoms with E-state index >= 15 is 0 Å². The highest BCUT2D eigenvalue weighted by atomic mass is 16.6. The summed E-state index contributed by atoms with van der Waals surface area (Å²) >= 11 is 0. The fourth-order valence-electron chi connectivity index (χ4n) is 2.75. The molecule has 1 unspecified atom stereocenters. The topological polar surface area (TPSA) is 59.0 Å². The van der Waals surface area contributed by atoms with Crippen LogP contribution in [0.5, 0.6) is 0 Å². The number of aliphatic hydroxyl groups excluding tert-OH is 1.